The summed E-state index contributed by atoms with van der Waals surface area (Å²) < 4.78 is 27.5. The van der Waals surface area contributed by atoms with E-state index in [9.17, 15) is 8.78 Å². The van der Waals surface area contributed by atoms with Gasteiger partial charge in [0.25, 0.3) is 0 Å². The van der Waals surface area contributed by atoms with Crippen molar-refractivity contribution in [1.82, 2.24) is 0 Å². The zero-order chi connectivity index (χ0) is 13.1. The summed E-state index contributed by atoms with van der Waals surface area (Å²) in [5, 5.41) is 0. The summed E-state index contributed by atoms with van der Waals surface area (Å²) in [6.07, 6.45) is 8.74. The Morgan fingerprint density at radius 1 is 1.22 bits per heavy atom. The van der Waals surface area contributed by atoms with E-state index >= 15 is 0 Å². The molecule has 0 nitrogen and oxygen atoms in total. The second-order valence-electron chi connectivity index (χ2n) is 5.32. The summed E-state index contributed by atoms with van der Waals surface area (Å²) in [5.74, 6) is 0.231. The van der Waals surface area contributed by atoms with Crippen LogP contribution in [-0.2, 0) is 0 Å². The molecule has 0 aromatic heterocycles. The molecule has 1 atom stereocenters. The number of halogens is 2. The van der Waals surface area contributed by atoms with Crippen LogP contribution < -0.4 is 0 Å². The fourth-order valence-corrected chi connectivity index (χ4v) is 2.95. The Kier molecular flexibility index (Phi) is 4.15. The number of allylic oxidation sites excluding steroid dienone is 6. The Balaban J connectivity index is 2.04. The highest BCUT2D eigenvalue weighted by molar-refractivity contribution is 5.42. The first kappa shape index (κ1) is 13.3. The zero-order valence-electron chi connectivity index (χ0n) is 10.7. The summed E-state index contributed by atoms with van der Waals surface area (Å²) in [6.45, 7) is 7.27. The highest BCUT2D eigenvalue weighted by Gasteiger charge is 2.29. The molecule has 0 spiro atoms. The van der Waals surface area contributed by atoms with E-state index in [-0.39, 0.29) is 11.5 Å². The normalized spacial score (nSPS) is 32.8. The van der Waals surface area contributed by atoms with Gasteiger partial charge in [-0.3, -0.25) is 0 Å². The maximum atomic E-state index is 13.9. The van der Waals surface area contributed by atoms with Crippen molar-refractivity contribution in [2.75, 3.05) is 0 Å². The Hall–Kier alpha value is -1.18. The van der Waals surface area contributed by atoms with E-state index in [2.05, 4.69) is 13.2 Å². The second kappa shape index (κ2) is 5.64. The summed E-state index contributed by atoms with van der Waals surface area (Å²) in [7, 11) is 0. The van der Waals surface area contributed by atoms with Gasteiger partial charge in [0, 0.05) is 0 Å². The smallest absolute Gasteiger partial charge is 0.176 e. The summed E-state index contributed by atoms with van der Waals surface area (Å²) in [5.41, 5.74) is 0.781. The van der Waals surface area contributed by atoms with E-state index in [0.717, 1.165) is 32.1 Å². The maximum absolute atomic E-state index is 13.9. The Labute approximate surface area is 108 Å². The highest BCUT2D eigenvalue weighted by atomic mass is 19.2. The molecule has 0 amide bonds. The molecule has 2 heteroatoms. The Morgan fingerprint density at radius 2 is 1.89 bits per heavy atom. The lowest BCUT2D eigenvalue weighted by atomic mass is 9.76. The van der Waals surface area contributed by atoms with Crippen LogP contribution in [0.3, 0.4) is 0 Å². The third-order valence-electron chi connectivity index (χ3n) is 4.09. The van der Waals surface area contributed by atoms with Gasteiger partial charge in [-0.15, -0.1) is 6.58 Å². The fraction of sp³-hybridized carbons (Fsp3) is 0.500. The number of alkyl halides is 1. The van der Waals surface area contributed by atoms with Crippen LogP contribution in [0.5, 0.6) is 0 Å². The minimum Gasteiger partial charge on any atom is -0.234 e. The van der Waals surface area contributed by atoms with Crippen molar-refractivity contribution >= 4 is 0 Å². The molecule has 18 heavy (non-hydrogen) atoms. The molecule has 0 N–H and O–H groups in total. The topological polar surface area (TPSA) is 0 Å². The summed E-state index contributed by atoms with van der Waals surface area (Å²) in [6, 6.07) is 0. The predicted molar refractivity (Wildman–Crippen MR) is 71.6 cm³/mol. The van der Waals surface area contributed by atoms with Crippen LogP contribution >= 0.6 is 0 Å². The maximum Gasteiger partial charge on any atom is 0.176 e. The van der Waals surface area contributed by atoms with Crippen molar-refractivity contribution in [3.8, 4) is 0 Å². The third kappa shape index (κ3) is 2.63. The van der Waals surface area contributed by atoms with Crippen molar-refractivity contribution in [3.05, 3.63) is 48.4 Å². The molecule has 2 aliphatic carbocycles. The van der Waals surface area contributed by atoms with Crippen LogP contribution in [0.4, 0.5) is 8.78 Å². The van der Waals surface area contributed by atoms with E-state index in [1.165, 1.54) is 0 Å². The van der Waals surface area contributed by atoms with E-state index in [4.69, 9.17) is 0 Å². The molecular formula is C16H20F2. The van der Waals surface area contributed by atoms with E-state index < -0.39 is 12.0 Å². The first-order valence-electron chi connectivity index (χ1n) is 6.65. The zero-order valence-corrected chi connectivity index (χ0v) is 10.7. The van der Waals surface area contributed by atoms with Gasteiger partial charge in [-0.1, -0.05) is 24.8 Å². The van der Waals surface area contributed by atoms with Crippen LogP contribution in [0.1, 0.15) is 32.1 Å². The van der Waals surface area contributed by atoms with E-state index in [1.807, 2.05) is 6.08 Å². The van der Waals surface area contributed by atoms with Crippen LogP contribution in [0.15, 0.2) is 48.4 Å². The molecule has 1 saturated carbocycles. The van der Waals surface area contributed by atoms with Gasteiger partial charge in [-0.05, 0) is 55.1 Å². The molecule has 0 radical (unpaired) electrons. The molecular weight excluding hydrogens is 230 g/mol. The SMILES string of the molecule is C=CCC1CCC(C2=C(F)C(F)C(=C)C=C2)CC1. The molecule has 1 fully saturated rings. The van der Waals surface area contributed by atoms with Gasteiger partial charge in [-0.25, -0.2) is 8.78 Å². The first-order chi connectivity index (χ1) is 8.63. The average molecular weight is 250 g/mol. The molecule has 0 aliphatic heterocycles. The second-order valence-corrected chi connectivity index (χ2v) is 5.32. The van der Waals surface area contributed by atoms with Crippen LogP contribution in [0, 0.1) is 11.8 Å². The van der Waals surface area contributed by atoms with Crippen LogP contribution in [-0.4, -0.2) is 6.17 Å². The van der Waals surface area contributed by atoms with Gasteiger partial charge in [0.2, 0.25) is 0 Å². The largest absolute Gasteiger partial charge is 0.234 e. The molecule has 2 aliphatic rings. The molecule has 1 unspecified atom stereocenters. The minimum absolute atomic E-state index is 0.175. The summed E-state index contributed by atoms with van der Waals surface area (Å²) >= 11 is 0. The highest BCUT2D eigenvalue weighted by Crippen LogP contribution is 2.39. The van der Waals surface area contributed by atoms with Crippen molar-refractivity contribution in [2.24, 2.45) is 11.8 Å². The average Bonchev–Trinajstić information content (AvgIpc) is 2.38. The molecule has 0 bridgehead atoms. The minimum atomic E-state index is -1.63. The number of hydrogen-bond donors (Lipinski definition) is 0. The van der Waals surface area contributed by atoms with Crippen molar-refractivity contribution in [2.45, 2.75) is 38.3 Å². The van der Waals surface area contributed by atoms with Gasteiger partial charge in [0.1, 0.15) is 5.83 Å². The lowest BCUT2D eigenvalue weighted by molar-refractivity contribution is 0.293. The van der Waals surface area contributed by atoms with Crippen LogP contribution in [0.25, 0.3) is 0 Å². The van der Waals surface area contributed by atoms with Gasteiger partial charge in [-0.2, -0.15) is 0 Å². The van der Waals surface area contributed by atoms with Crippen molar-refractivity contribution in [1.29, 1.82) is 0 Å². The Morgan fingerprint density at radius 3 is 2.50 bits per heavy atom. The summed E-state index contributed by atoms with van der Waals surface area (Å²) in [4.78, 5) is 0. The monoisotopic (exact) mass is 250 g/mol. The van der Waals surface area contributed by atoms with Gasteiger partial charge < -0.3 is 0 Å². The fourth-order valence-electron chi connectivity index (χ4n) is 2.95. The van der Waals surface area contributed by atoms with E-state index in [1.54, 1.807) is 12.2 Å². The first-order valence-corrected chi connectivity index (χ1v) is 6.65. The molecule has 0 aromatic rings. The number of hydrogen-bond acceptors (Lipinski definition) is 0. The van der Waals surface area contributed by atoms with Gasteiger partial charge >= 0.3 is 0 Å². The quantitative estimate of drug-likeness (QED) is 0.614. The molecule has 0 saturated heterocycles. The standard InChI is InChI=1S/C16H20F2/c1-3-4-12-6-8-13(9-7-12)14-10-5-11(2)15(17)16(14)18/h3,5,10,12-13,15H,1-2,4,6-9H2. The van der Waals surface area contributed by atoms with Gasteiger partial charge in [0.15, 0.2) is 6.17 Å². The lowest BCUT2D eigenvalue weighted by Crippen LogP contribution is -2.19. The molecule has 98 valence electrons. The molecule has 2 rings (SSSR count). The Bertz CT molecular complexity index is 395. The predicted octanol–water partition coefficient (Wildman–Crippen LogP) is 5.06. The lowest BCUT2D eigenvalue weighted by Gasteiger charge is -2.30. The molecule has 0 heterocycles. The molecule has 0 aromatic carbocycles. The van der Waals surface area contributed by atoms with Crippen LogP contribution in [0.2, 0.25) is 0 Å². The van der Waals surface area contributed by atoms with Gasteiger partial charge in [0.05, 0.1) is 0 Å². The third-order valence-corrected chi connectivity index (χ3v) is 4.09. The number of rotatable bonds is 3. The van der Waals surface area contributed by atoms with Crippen molar-refractivity contribution in [3.63, 3.8) is 0 Å². The van der Waals surface area contributed by atoms with Crippen molar-refractivity contribution < 1.29 is 8.78 Å². The van der Waals surface area contributed by atoms with E-state index in [0.29, 0.717) is 11.5 Å².